The summed E-state index contributed by atoms with van der Waals surface area (Å²) >= 11 is 0. The summed E-state index contributed by atoms with van der Waals surface area (Å²) in [5.41, 5.74) is -2.22. The molecule has 0 spiro atoms. The number of halogens is 2. The van der Waals surface area contributed by atoms with Gasteiger partial charge in [-0.15, -0.1) is 0 Å². The van der Waals surface area contributed by atoms with Gasteiger partial charge in [-0.3, -0.25) is 0 Å². The maximum Gasteiger partial charge on any atom is 0.408 e. The fraction of sp³-hybridized carbons (Fsp3) is 0.818. The van der Waals surface area contributed by atoms with E-state index < -0.39 is 36.0 Å². The van der Waals surface area contributed by atoms with Crippen molar-refractivity contribution in [1.29, 1.82) is 0 Å². The Labute approximate surface area is 98.7 Å². The van der Waals surface area contributed by atoms with Crippen molar-refractivity contribution in [3.63, 3.8) is 0 Å². The molecule has 0 bridgehead atoms. The number of hydrogen-bond donors (Lipinski definition) is 1. The molecule has 1 rings (SSSR count). The lowest BCUT2D eigenvalue weighted by atomic mass is 10.00. The molecule has 0 aliphatic heterocycles. The van der Waals surface area contributed by atoms with E-state index in [0.29, 0.717) is 6.29 Å². The molecule has 17 heavy (non-hydrogen) atoms. The maximum absolute atomic E-state index is 13.1. The normalized spacial score (nSPS) is 27.6. The molecule has 0 aromatic rings. The number of alkyl halides is 2. The Morgan fingerprint density at radius 1 is 1.35 bits per heavy atom. The van der Waals surface area contributed by atoms with Crippen molar-refractivity contribution in [1.82, 2.24) is 5.32 Å². The molecule has 1 aliphatic rings. The molecule has 1 N–H and O–H groups in total. The molecule has 0 aromatic heterocycles. The lowest BCUT2D eigenvalue weighted by Gasteiger charge is -2.26. The van der Waals surface area contributed by atoms with Crippen LogP contribution in [-0.4, -0.2) is 29.4 Å². The maximum atomic E-state index is 13.1. The second kappa shape index (κ2) is 4.23. The smallest absolute Gasteiger partial charge is 0.408 e. The van der Waals surface area contributed by atoms with E-state index in [1.54, 1.807) is 20.8 Å². The predicted octanol–water partition coefficient (Wildman–Crippen LogP) is 2.27. The monoisotopic (exact) mass is 249 g/mol. The van der Waals surface area contributed by atoms with E-state index in [2.05, 4.69) is 5.32 Å². The van der Waals surface area contributed by atoms with Crippen LogP contribution in [0.25, 0.3) is 0 Å². The summed E-state index contributed by atoms with van der Waals surface area (Å²) < 4.78 is 31.1. The summed E-state index contributed by atoms with van der Waals surface area (Å²) in [6, 6.07) is 0. The Hall–Kier alpha value is -1.20. The van der Waals surface area contributed by atoms with Crippen molar-refractivity contribution in [3.05, 3.63) is 0 Å². The summed E-state index contributed by atoms with van der Waals surface area (Å²) in [4.78, 5) is 22.4. The number of carbonyl (C=O) groups is 2. The third-order valence-electron chi connectivity index (χ3n) is 2.49. The lowest BCUT2D eigenvalue weighted by Crippen LogP contribution is -2.50. The zero-order chi connectivity index (χ0) is 13.3. The fourth-order valence-electron chi connectivity index (χ4n) is 1.79. The van der Waals surface area contributed by atoms with Crippen molar-refractivity contribution in [2.24, 2.45) is 0 Å². The van der Waals surface area contributed by atoms with Crippen LogP contribution in [0.15, 0.2) is 0 Å². The molecule has 0 heterocycles. The molecule has 0 radical (unpaired) electrons. The minimum absolute atomic E-state index is 0.0667. The van der Waals surface area contributed by atoms with Gasteiger partial charge in [0.05, 0.1) is 0 Å². The first-order chi connectivity index (χ1) is 7.58. The topological polar surface area (TPSA) is 55.4 Å². The Morgan fingerprint density at radius 3 is 2.29 bits per heavy atom. The highest BCUT2D eigenvalue weighted by Crippen LogP contribution is 2.40. The first-order valence-corrected chi connectivity index (χ1v) is 5.43. The van der Waals surface area contributed by atoms with Gasteiger partial charge in [0.15, 0.2) is 0 Å². The molecule has 1 amide bonds. The van der Waals surface area contributed by atoms with Gasteiger partial charge in [0.1, 0.15) is 17.4 Å². The first kappa shape index (κ1) is 13.9. The molecule has 1 atom stereocenters. The zero-order valence-electron chi connectivity index (χ0n) is 10.2. The van der Waals surface area contributed by atoms with Gasteiger partial charge < -0.3 is 14.8 Å². The fourth-order valence-corrected chi connectivity index (χ4v) is 1.79. The SMILES string of the molecule is CC(C)(C)OC(=O)NC1(C=O)CCC(F)(F)C1. The second-order valence-electron chi connectivity index (χ2n) is 5.43. The molecule has 98 valence electrons. The molecule has 6 heteroatoms. The molecule has 4 nitrogen and oxygen atoms in total. The minimum atomic E-state index is -2.91. The zero-order valence-corrected chi connectivity index (χ0v) is 10.2. The van der Waals surface area contributed by atoms with E-state index in [1.165, 1.54) is 0 Å². The first-order valence-electron chi connectivity index (χ1n) is 5.43. The van der Waals surface area contributed by atoms with E-state index in [-0.39, 0.29) is 6.42 Å². The number of aldehydes is 1. The highest BCUT2D eigenvalue weighted by molar-refractivity contribution is 5.77. The van der Waals surface area contributed by atoms with Gasteiger partial charge in [0.2, 0.25) is 0 Å². The van der Waals surface area contributed by atoms with Crippen LogP contribution in [0.2, 0.25) is 0 Å². The number of hydrogen-bond acceptors (Lipinski definition) is 3. The summed E-state index contributed by atoms with van der Waals surface area (Å²) in [7, 11) is 0. The molecular formula is C11H17F2NO3. The summed E-state index contributed by atoms with van der Waals surface area (Å²) in [6.45, 7) is 4.97. The number of carbonyl (C=O) groups excluding carboxylic acids is 2. The van der Waals surface area contributed by atoms with Gasteiger partial charge >= 0.3 is 6.09 Å². The van der Waals surface area contributed by atoms with Crippen LogP contribution in [0.4, 0.5) is 13.6 Å². The highest BCUT2D eigenvalue weighted by atomic mass is 19.3. The molecule has 1 aliphatic carbocycles. The van der Waals surface area contributed by atoms with Gasteiger partial charge in [-0.2, -0.15) is 0 Å². The summed E-state index contributed by atoms with van der Waals surface area (Å²) in [6.07, 6.45) is -1.60. The van der Waals surface area contributed by atoms with Crippen molar-refractivity contribution in [2.45, 2.75) is 57.1 Å². The Kier molecular flexibility index (Phi) is 3.45. The third-order valence-corrected chi connectivity index (χ3v) is 2.49. The molecule has 0 saturated heterocycles. The standard InChI is InChI=1S/C11H17F2NO3/c1-9(2,3)17-8(16)14-10(7-15)4-5-11(12,13)6-10/h7H,4-6H2,1-3H3,(H,14,16). The third kappa shape index (κ3) is 3.94. The van der Waals surface area contributed by atoms with Crippen LogP contribution in [-0.2, 0) is 9.53 Å². The lowest BCUT2D eigenvalue weighted by molar-refractivity contribution is -0.114. The number of nitrogens with one attached hydrogen (secondary N) is 1. The van der Waals surface area contributed by atoms with Crippen molar-refractivity contribution >= 4 is 12.4 Å². The molecule has 1 fully saturated rings. The van der Waals surface area contributed by atoms with Crippen LogP contribution in [0.5, 0.6) is 0 Å². The van der Waals surface area contributed by atoms with E-state index in [9.17, 15) is 18.4 Å². The van der Waals surface area contributed by atoms with E-state index in [4.69, 9.17) is 4.74 Å². The number of rotatable bonds is 2. The number of amides is 1. The van der Waals surface area contributed by atoms with Crippen LogP contribution >= 0.6 is 0 Å². The van der Waals surface area contributed by atoms with Crippen LogP contribution in [0.1, 0.15) is 40.0 Å². The van der Waals surface area contributed by atoms with Crippen molar-refractivity contribution < 1.29 is 23.1 Å². The Bertz CT molecular complexity index is 325. The van der Waals surface area contributed by atoms with Crippen LogP contribution in [0.3, 0.4) is 0 Å². The van der Waals surface area contributed by atoms with E-state index in [0.717, 1.165) is 0 Å². The Balaban J connectivity index is 2.66. The van der Waals surface area contributed by atoms with Gasteiger partial charge in [-0.25, -0.2) is 13.6 Å². The van der Waals surface area contributed by atoms with E-state index in [1.807, 2.05) is 0 Å². The second-order valence-corrected chi connectivity index (χ2v) is 5.43. The van der Waals surface area contributed by atoms with Gasteiger partial charge in [-0.1, -0.05) is 0 Å². The molecule has 1 unspecified atom stereocenters. The number of ether oxygens (including phenoxy) is 1. The Morgan fingerprint density at radius 2 is 1.94 bits per heavy atom. The molecule has 0 aromatic carbocycles. The van der Waals surface area contributed by atoms with Gasteiger partial charge in [0, 0.05) is 12.8 Å². The predicted molar refractivity (Wildman–Crippen MR) is 57.0 cm³/mol. The quantitative estimate of drug-likeness (QED) is 0.764. The molecular weight excluding hydrogens is 232 g/mol. The minimum Gasteiger partial charge on any atom is -0.444 e. The highest BCUT2D eigenvalue weighted by Gasteiger charge is 2.50. The summed E-state index contributed by atoms with van der Waals surface area (Å²) in [5.74, 6) is -2.91. The van der Waals surface area contributed by atoms with Crippen LogP contribution < -0.4 is 5.32 Å². The van der Waals surface area contributed by atoms with Gasteiger partial charge in [-0.05, 0) is 27.2 Å². The summed E-state index contributed by atoms with van der Waals surface area (Å²) in [5, 5.41) is 2.24. The van der Waals surface area contributed by atoms with Crippen molar-refractivity contribution in [2.75, 3.05) is 0 Å². The van der Waals surface area contributed by atoms with Crippen LogP contribution in [0, 0.1) is 0 Å². The number of alkyl carbamates (subject to hydrolysis) is 1. The van der Waals surface area contributed by atoms with Gasteiger partial charge in [0.25, 0.3) is 5.92 Å². The average molecular weight is 249 g/mol. The van der Waals surface area contributed by atoms with Crippen molar-refractivity contribution in [3.8, 4) is 0 Å². The average Bonchev–Trinajstić information content (AvgIpc) is 2.39. The molecule has 1 saturated carbocycles. The largest absolute Gasteiger partial charge is 0.444 e. The van der Waals surface area contributed by atoms with E-state index >= 15 is 0 Å².